The van der Waals surface area contributed by atoms with Crippen molar-refractivity contribution in [2.75, 3.05) is 14.2 Å². The zero-order chi connectivity index (χ0) is 19.9. The molecular formula is C22H19NO5. The Balaban J connectivity index is 1.68. The lowest BCUT2D eigenvalue weighted by atomic mass is 10.2. The topological polar surface area (TPSA) is 77.4 Å². The molecule has 28 heavy (non-hydrogen) atoms. The van der Waals surface area contributed by atoms with Gasteiger partial charge in [-0.25, -0.2) is 4.79 Å². The third-order valence-corrected chi connectivity index (χ3v) is 3.96. The number of phenolic OH excluding ortho intramolecular Hbond substituents is 1. The third-order valence-electron chi connectivity index (χ3n) is 3.96. The number of benzene rings is 3. The van der Waals surface area contributed by atoms with E-state index >= 15 is 0 Å². The number of carbonyl (C=O) groups excluding carboxylic acids is 1. The summed E-state index contributed by atoms with van der Waals surface area (Å²) in [4.78, 5) is 16.5. The quantitative estimate of drug-likeness (QED) is 0.392. The normalized spacial score (nSPS) is 10.6. The molecule has 0 unspecified atom stereocenters. The number of methoxy groups -OCH3 is 2. The molecule has 0 fully saturated rings. The van der Waals surface area contributed by atoms with Gasteiger partial charge in [0.25, 0.3) is 0 Å². The van der Waals surface area contributed by atoms with E-state index in [1.165, 1.54) is 12.3 Å². The van der Waals surface area contributed by atoms with Gasteiger partial charge in [-0.2, -0.15) is 0 Å². The first kappa shape index (κ1) is 19.0. The monoisotopic (exact) mass is 377 g/mol. The van der Waals surface area contributed by atoms with E-state index < -0.39 is 5.97 Å². The second-order valence-corrected chi connectivity index (χ2v) is 5.79. The van der Waals surface area contributed by atoms with Crippen molar-refractivity contribution in [1.29, 1.82) is 0 Å². The van der Waals surface area contributed by atoms with Gasteiger partial charge in [0.05, 0.1) is 25.5 Å². The Kier molecular flexibility index (Phi) is 5.91. The number of nitrogens with zero attached hydrogens (tertiary/aromatic N) is 1. The second kappa shape index (κ2) is 8.73. The highest BCUT2D eigenvalue weighted by molar-refractivity contribution is 5.91. The number of hydrogen-bond donors (Lipinski definition) is 1. The number of aromatic hydroxyl groups is 1. The van der Waals surface area contributed by atoms with Crippen LogP contribution in [0.15, 0.2) is 71.7 Å². The molecule has 0 aliphatic carbocycles. The van der Waals surface area contributed by atoms with Crippen LogP contribution in [0.25, 0.3) is 0 Å². The molecule has 0 aliphatic heterocycles. The Labute approximate surface area is 162 Å². The molecule has 0 aliphatic rings. The van der Waals surface area contributed by atoms with Gasteiger partial charge in [-0.3, -0.25) is 4.99 Å². The molecule has 0 spiro atoms. The van der Waals surface area contributed by atoms with E-state index in [0.29, 0.717) is 16.9 Å². The summed E-state index contributed by atoms with van der Waals surface area (Å²) in [6, 6.07) is 18.4. The molecule has 0 atom stereocenters. The van der Waals surface area contributed by atoms with E-state index in [1.54, 1.807) is 74.9 Å². The van der Waals surface area contributed by atoms with Crippen LogP contribution in [-0.4, -0.2) is 31.5 Å². The lowest BCUT2D eigenvalue weighted by Crippen LogP contribution is -2.08. The first-order valence-electron chi connectivity index (χ1n) is 8.46. The van der Waals surface area contributed by atoms with Gasteiger partial charge in [-0.1, -0.05) is 0 Å². The van der Waals surface area contributed by atoms with Crippen LogP contribution in [0, 0.1) is 0 Å². The number of carbonyl (C=O) groups is 1. The van der Waals surface area contributed by atoms with Crippen LogP contribution in [0.2, 0.25) is 0 Å². The highest BCUT2D eigenvalue weighted by atomic mass is 16.5. The Hall–Kier alpha value is -3.80. The number of aliphatic imine (C=N–C) groups is 1. The van der Waals surface area contributed by atoms with Crippen molar-refractivity contribution in [2.45, 2.75) is 0 Å². The summed E-state index contributed by atoms with van der Waals surface area (Å²) in [5, 5.41) is 10.2. The average Bonchev–Trinajstić information content (AvgIpc) is 2.73. The van der Waals surface area contributed by atoms with Crippen LogP contribution in [0.3, 0.4) is 0 Å². The van der Waals surface area contributed by atoms with Crippen LogP contribution >= 0.6 is 0 Å². The SMILES string of the molecule is COc1ccc(N=Cc2ccc(OC(=O)c3ccc(OC)cc3)cc2O)cc1. The average molecular weight is 377 g/mol. The molecule has 3 aromatic rings. The molecule has 0 bridgehead atoms. The highest BCUT2D eigenvalue weighted by Crippen LogP contribution is 2.25. The van der Waals surface area contributed by atoms with E-state index in [1.807, 2.05) is 0 Å². The maximum Gasteiger partial charge on any atom is 0.343 e. The maximum atomic E-state index is 12.2. The predicted octanol–water partition coefficient (Wildman–Crippen LogP) is 4.38. The van der Waals surface area contributed by atoms with Crippen molar-refractivity contribution < 1.29 is 24.1 Å². The lowest BCUT2D eigenvalue weighted by Gasteiger charge is -2.07. The predicted molar refractivity (Wildman–Crippen MR) is 106 cm³/mol. The minimum atomic E-state index is -0.526. The summed E-state index contributed by atoms with van der Waals surface area (Å²) in [7, 11) is 3.15. The van der Waals surface area contributed by atoms with Gasteiger partial charge in [0.15, 0.2) is 0 Å². The Bertz CT molecular complexity index is 979. The van der Waals surface area contributed by atoms with Gasteiger partial charge in [0.1, 0.15) is 23.0 Å². The van der Waals surface area contributed by atoms with Gasteiger partial charge in [0, 0.05) is 17.8 Å². The molecule has 0 saturated heterocycles. The van der Waals surface area contributed by atoms with Crippen molar-refractivity contribution in [3.05, 3.63) is 77.9 Å². The van der Waals surface area contributed by atoms with Crippen molar-refractivity contribution in [2.24, 2.45) is 4.99 Å². The van der Waals surface area contributed by atoms with E-state index in [0.717, 1.165) is 11.4 Å². The second-order valence-electron chi connectivity index (χ2n) is 5.79. The molecule has 0 radical (unpaired) electrons. The van der Waals surface area contributed by atoms with E-state index in [-0.39, 0.29) is 11.5 Å². The summed E-state index contributed by atoms with van der Waals surface area (Å²) in [6.07, 6.45) is 1.53. The van der Waals surface area contributed by atoms with Crippen LogP contribution in [0.4, 0.5) is 5.69 Å². The Morgan fingerprint density at radius 1 is 0.857 bits per heavy atom. The van der Waals surface area contributed by atoms with Crippen LogP contribution in [0.1, 0.15) is 15.9 Å². The standard InChI is InChI=1S/C22H19NO5/c1-26-18-8-3-15(4-9-18)22(25)28-20-10-5-16(21(24)13-20)14-23-17-6-11-19(27-2)12-7-17/h3-14,24H,1-2H3. The molecule has 6 heteroatoms. The summed E-state index contributed by atoms with van der Waals surface area (Å²) in [5.41, 5.74) is 1.60. The van der Waals surface area contributed by atoms with Crippen molar-refractivity contribution >= 4 is 17.9 Å². The van der Waals surface area contributed by atoms with Gasteiger partial charge >= 0.3 is 5.97 Å². The number of esters is 1. The first-order chi connectivity index (χ1) is 13.6. The maximum absolute atomic E-state index is 12.2. The fraction of sp³-hybridized carbons (Fsp3) is 0.0909. The minimum absolute atomic E-state index is 0.0442. The molecule has 3 aromatic carbocycles. The van der Waals surface area contributed by atoms with Gasteiger partial charge in [-0.05, 0) is 60.7 Å². The smallest absolute Gasteiger partial charge is 0.343 e. The molecule has 0 saturated carbocycles. The van der Waals surface area contributed by atoms with E-state index in [2.05, 4.69) is 4.99 Å². The number of hydrogen-bond acceptors (Lipinski definition) is 6. The van der Waals surface area contributed by atoms with Crippen molar-refractivity contribution in [1.82, 2.24) is 0 Å². The van der Waals surface area contributed by atoms with Gasteiger partial charge in [-0.15, -0.1) is 0 Å². The fourth-order valence-electron chi connectivity index (χ4n) is 2.40. The summed E-state index contributed by atoms with van der Waals surface area (Å²) in [6.45, 7) is 0. The molecule has 6 nitrogen and oxygen atoms in total. The summed E-state index contributed by atoms with van der Waals surface area (Å²) >= 11 is 0. The number of ether oxygens (including phenoxy) is 3. The summed E-state index contributed by atoms with van der Waals surface area (Å²) < 4.78 is 15.5. The Morgan fingerprint density at radius 2 is 1.43 bits per heavy atom. The zero-order valence-electron chi connectivity index (χ0n) is 15.5. The number of rotatable bonds is 6. The molecule has 0 amide bonds. The molecule has 0 aromatic heterocycles. The lowest BCUT2D eigenvalue weighted by molar-refractivity contribution is 0.0734. The third kappa shape index (κ3) is 4.67. The van der Waals surface area contributed by atoms with Crippen LogP contribution in [0.5, 0.6) is 23.0 Å². The van der Waals surface area contributed by atoms with Crippen LogP contribution in [-0.2, 0) is 0 Å². The van der Waals surface area contributed by atoms with Gasteiger partial charge < -0.3 is 19.3 Å². The van der Waals surface area contributed by atoms with Crippen molar-refractivity contribution in [3.8, 4) is 23.0 Å². The molecule has 1 N–H and O–H groups in total. The first-order valence-corrected chi connectivity index (χ1v) is 8.46. The van der Waals surface area contributed by atoms with E-state index in [9.17, 15) is 9.90 Å². The highest BCUT2D eigenvalue weighted by Gasteiger charge is 2.10. The molecule has 142 valence electrons. The fourth-order valence-corrected chi connectivity index (χ4v) is 2.40. The van der Waals surface area contributed by atoms with Crippen molar-refractivity contribution in [3.63, 3.8) is 0 Å². The molecular weight excluding hydrogens is 358 g/mol. The van der Waals surface area contributed by atoms with Crippen LogP contribution < -0.4 is 14.2 Å². The Morgan fingerprint density at radius 3 is 2.00 bits per heavy atom. The summed E-state index contributed by atoms with van der Waals surface area (Å²) in [5.74, 6) is 1.05. The zero-order valence-corrected chi connectivity index (χ0v) is 15.5. The molecule has 0 heterocycles. The minimum Gasteiger partial charge on any atom is -0.507 e. The largest absolute Gasteiger partial charge is 0.507 e. The van der Waals surface area contributed by atoms with E-state index in [4.69, 9.17) is 14.2 Å². The van der Waals surface area contributed by atoms with Gasteiger partial charge in [0.2, 0.25) is 0 Å². The number of phenols is 1. The molecule has 3 rings (SSSR count).